The molecular weight excluding hydrogens is 198 g/mol. The summed E-state index contributed by atoms with van der Waals surface area (Å²) in [6, 6.07) is -0.0106. The van der Waals surface area contributed by atoms with Gasteiger partial charge in [0.05, 0.1) is 25.9 Å². The minimum absolute atomic E-state index is 0.0106. The molecule has 1 atom stereocenters. The predicted molar refractivity (Wildman–Crippen MR) is 54.5 cm³/mol. The lowest BCUT2D eigenvalue weighted by molar-refractivity contribution is -0.138. The molecule has 88 valence electrons. The van der Waals surface area contributed by atoms with Crippen molar-refractivity contribution in [3.05, 3.63) is 0 Å². The first-order chi connectivity index (χ1) is 7.29. The van der Waals surface area contributed by atoms with E-state index in [1.54, 1.807) is 12.0 Å². The van der Waals surface area contributed by atoms with Crippen LogP contribution in [-0.2, 0) is 14.3 Å². The van der Waals surface area contributed by atoms with E-state index < -0.39 is 0 Å². The average Bonchev–Trinajstić information content (AvgIpc) is 2.72. The summed E-state index contributed by atoms with van der Waals surface area (Å²) in [5, 5.41) is 9.04. The summed E-state index contributed by atoms with van der Waals surface area (Å²) in [7, 11) is 1.59. The number of aliphatic hydroxyl groups excluding tert-OH is 1. The molecule has 1 aliphatic heterocycles. The minimum Gasteiger partial charge on any atom is -0.394 e. The van der Waals surface area contributed by atoms with Crippen molar-refractivity contribution in [1.82, 2.24) is 4.90 Å². The van der Waals surface area contributed by atoms with E-state index in [4.69, 9.17) is 14.6 Å². The molecule has 1 heterocycles. The van der Waals surface area contributed by atoms with Crippen molar-refractivity contribution in [3.63, 3.8) is 0 Å². The van der Waals surface area contributed by atoms with Crippen molar-refractivity contribution in [2.75, 3.05) is 40.1 Å². The summed E-state index contributed by atoms with van der Waals surface area (Å²) in [5.74, 6) is -0.0392. The van der Waals surface area contributed by atoms with Crippen LogP contribution in [0.15, 0.2) is 0 Å². The van der Waals surface area contributed by atoms with Crippen molar-refractivity contribution in [1.29, 1.82) is 0 Å². The standard InChI is InChI=1S/C10H19NO4/c1-14-5-6-15-8-10(13)11-4-2-3-9(11)7-12/h9,12H,2-8H2,1H3. The second kappa shape index (κ2) is 6.76. The van der Waals surface area contributed by atoms with Crippen LogP contribution in [0.2, 0.25) is 0 Å². The van der Waals surface area contributed by atoms with Gasteiger partial charge in [0.2, 0.25) is 5.91 Å². The Labute approximate surface area is 90.0 Å². The fraction of sp³-hybridized carbons (Fsp3) is 0.900. The zero-order valence-electron chi connectivity index (χ0n) is 9.15. The third kappa shape index (κ3) is 3.77. The highest BCUT2D eigenvalue weighted by molar-refractivity contribution is 5.78. The van der Waals surface area contributed by atoms with Crippen molar-refractivity contribution >= 4 is 5.91 Å². The van der Waals surface area contributed by atoms with Crippen molar-refractivity contribution in [3.8, 4) is 0 Å². The summed E-state index contributed by atoms with van der Waals surface area (Å²) < 4.78 is 9.94. The first-order valence-electron chi connectivity index (χ1n) is 5.26. The van der Waals surface area contributed by atoms with Gasteiger partial charge in [0.25, 0.3) is 0 Å². The molecule has 0 aromatic carbocycles. The molecule has 1 N–H and O–H groups in total. The van der Waals surface area contributed by atoms with Crippen LogP contribution >= 0.6 is 0 Å². The Kier molecular flexibility index (Phi) is 5.60. The molecule has 1 unspecified atom stereocenters. The number of aliphatic hydroxyl groups is 1. The van der Waals surface area contributed by atoms with Gasteiger partial charge in [0, 0.05) is 13.7 Å². The number of likely N-dealkylation sites (tertiary alicyclic amines) is 1. The van der Waals surface area contributed by atoms with Crippen molar-refractivity contribution < 1.29 is 19.4 Å². The second-order valence-electron chi connectivity index (χ2n) is 3.61. The first-order valence-corrected chi connectivity index (χ1v) is 5.26. The van der Waals surface area contributed by atoms with Gasteiger partial charge in [-0.15, -0.1) is 0 Å². The lowest BCUT2D eigenvalue weighted by Crippen LogP contribution is -2.39. The van der Waals surface area contributed by atoms with Gasteiger partial charge in [-0.25, -0.2) is 0 Å². The highest BCUT2D eigenvalue weighted by Crippen LogP contribution is 2.16. The molecule has 5 heteroatoms. The van der Waals surface area contributed by atoms with Gasteiger partial charge >= 0.3 is 0 Å². The Balaban J connectivity index is 2.21. The van der Waals surface area contributed by atoms with Crippen molar-refractivity contribution in [2.24, 2.45) is 0 Å². The normalized spacial score (nSPS) is 20.9. The molecule has 0 radical (unpaired) electrons. The van der Waals surface area contributed by atoms with E-state index in [1.165, 1.54) is 0 Å². The maximum Gasteiger partial charge on any atom is 0.248 e. The lowest BCUT2D eigenvalue weighted by atomic mass is 10.2. The van der Waals surface area contributed by atoms with Gasteiger partial charge in [0.1, 0.15) is 6.61 Å². The molecule has 0 spiro atoms. The number of rotatable bonds is 6. The van der Waals surface area contributed by atoms with Crippen molar-refractivity contribution in [2.45, 2.75) is 18.9 Å². The first kappa shape index (κ1) is 12.4. The third-order valence-electron chi connectivity index (χ3n) is 2.57. The van der Waals surface area contributed by atoms with E-state index in [0.717, 1.165) is 19.4 Å². The Morgan fingerprint density at radius 2 is 2.33 bits per heavy atom. The molecular formula is C10H19NO4. The summed E-state index contributed by atoms with van der Waals surface area (Å²) in [6.45, 7) is 1.79. The van der Waals surface area contributed by atoms with Crippen LogP contribution in [0.25, 0.3) is 0 Å². The molecule has 1 rings (SSSR count). The number of amides is 1. The van der Waals surface area contributed by atoms with Gasteiger partial charge in [-0.2, -0.15) is 0 Å². The SMILES string of the molecule is COCCOCC(=O)N1CCCC1CO. The topological polar surface area (TPSA) is 59.0 Å². The Bertz CT molecular complexity index is 198. The monoisotopic (exact) mass is 217 g/mol. The van der Waals surface area contributed by atoms with Crippen LogP contribution in [-0.4, -0.2) is 62.0 Å². The van der Waals surface area contributed by atoms with E-state index in [2.05, 4.69) is 0 Å². The quantitative estimate of drug-likeness (QED) is 0.617. The van der Waals surface area contributed by atoms with Gasteiger partial charge in [-0.1, -0.05) is 0 Å². The third-order valence-corrected chi connectivity index (χ3v) is 2.57. The van der Waals surface area contributed by atoms with E-state index >= 15 is 0 Å². The van der Waals surface area contributed by atoms with Crippen LogP contribution in [0.5, 0.6) is 0 Å². The number of ether oxygens (including phenoxy) is 2. The fourth-order valence-electron chi connectivity index (χ4n) is 1.74. The molecule has 0 aromatic rings. The van der Waals surface area contributed by atoms with Gasteiger partial charge in [-0.05, 0) is 12.8 Å². The van der Waals surface area contributed by atoms with Crippen LogP contribution in [0.3, 0.4) is 0 Å². The maximum absolute atomic E-state index is 11.6. The maximum atomic E-state index is 11.6. The van der Waals surface area contributed by atoms with E-state index in [0.29, 0.717) is 13.2 Å². The number of nitrogens with zero attached hydrogens (tertiary/aromatic N) is 1. The molecule has 15 heavy (non-hydrogen) atoms. The van der Waals surface area contributed by atoms with E-state index in [-0.39, 0.29) is 25.2 Å². The molecule has 1 aliphatic rings. The molecule has 0 aromatic heterocycles. The highest BCUT2D eigenvalue weighted by Gasteiger charge is 2.27. The molecule has 1 fully saturated rings. The average molecular weight is 217 g/mol. The van der Waals surface area contributed by atoms with Gasteiger partial charge < -0.3 is 19.5 Å². The molecule has 0 saturated carbocycles. The number of methoxy groups -OCH3 is 1. The van der Waals surface area contributed by atoms with E-state index in [1.807, 2.05) is 0 Å². The molecule has 0 aliphatic carbocycles. The summed E-state index contributed by atoms with van der Waals surface area (Å²) in [4.78, 5) is 13.3. The zero-order valence-corrected chi connectivity index (χ0v) is 9.15. The largest absolute Gasteiger partial charge is 0.394 e. The van der Waals surface area contributed by atoms with E-state index in [9.17, 15) is 4.79 Å². The fourth-order valence-corrected chi connectivity index (χ4v) is 1.74. The minimum atomic E-state index is -0.0392. The van der Waals surface area contributed by atoms with Crippen LogP contribution in [0.1, 0.15) is 12.8 Å². The zero-order chi connectivity index (χ0) is 11.1. The number of carbonyl (C=O) groups excluding carboxylic acids is 1. The van der Waals surface area contributed by atoms with Crippen LogP contribution in [0.4, 0.5) is 0 Å². The van der Waals surface area contributed by atoms with Crippen LogP contribution < -0.4 is 0 Å². The van der Waals surface area contributed by atoms with Gasteiger partial charge in [-0.3, -0.25) is 4.79 Å². The predicted octanol–water partition coefficient (Wildman–Crippen LogP) is -0.367. The second-order valence-corrected chi connectivity index (χ2v) is 3.61. The molecule has 1 amide bonds. The summed E-state index contributed by atoms with van der Waals surface area (Å²) in [6.07, 6.45) is 1.86. The smallest absolute Gasteiger partial charge is 0.248 e. The molecule has 0 bridgehead atoms. The lowest BCUT2D eigenvalue weighted by Gasteiger charge is -2.22. The molecule has 1 saturated heterocycles. The number of hydrogen-bond donors (Lipinski definition) is 1. The molecule has 5 nitrogen and oxygen atoms in total. The van der Waals surface area contributed by atoms with Gasteiger partial charge in [0.15, 0.2) is 0 Å². The Hall–Kier alpha value is -0.650. The number of carbonyl (C=O) groups is 1. The summed E-state index contributed by atoms with van der Waals surface area (Å²) >= 11 is 0. The Morgan fingerprint density at radius 1 is 1.53 bits per heavy atom. The summed E-state index contributed by atoms with van der Waals surface area (Å²) in [5.41, 5.74) is 0. The number of hydrogen-bond acceptors (Lipinski definition) is 4. The van der Waals surface area contributed by atoms with Crippen LogP contribution in [0, 0.1) is 0 Å². The highest BCUT2D eigenvalue weighted by atomic mass is 16.5. The Morgan fingerprint density at radius 3 is 3.00 bits per heavy atom.